The molecule has 2 fully saturated rings. The molecule has 0 aromatic heterocycles. The highest BCUT2D eigenvalue weighted by molar-refractivity contribution is 5.32. The van der Waals surface area contributed by atoms with E-state index >= 15 is 0 Å². The number of aliphatic hydroxyl groups is 8. The minimum absolute atomic E-state index is 0.0385. The number of hydrogen-bond acceptors (Lipinski definition) is 12. The Morgan fingerprint density at radius 2 is 1.58 bits per heavy atom. The molecule has 0 radical (unpaired) electrons. The van der Waals surface area contributed by atoms with E-state index in [1.807, 2.05) is 0 Å². The van der Waals surface area contributed by atoms with Gasteiger partial charge in [0.15, 0.2) is 12.6 Å². The molecule has 12 unspecified atom stereocenters. The molecule has 0 spiro atoms. The number of allylic oxidation sites excluding steroid dienone is 3. The van der Waals surface area contributed by atoms with Crippen molar-refractivity contribution in [1.29, 1.82) is 0 Å². The van der Waals surface area contributed by atoms with Crippen LogP contribution in [0.1, 0.15) is 26.7 Å². The van der Waals surface area contributed by atoms with Gasteiger partial charge in [-0.1, -0.05) is 30.1 Å². The third kappa shape index (κ3) is 9.10. The zero-order chi connectivity index (χ0) is 28.2. The first kappa shape index (κ1) is 32.3. The van der Waals surface area contributed by atoms with Crippen LogP contribution in [0, 0.1) is 23.7 Å². The number of ether oxygens (including phenoxy) is 4. The summed E-state index contributed by atoms with van der Waals surface area (Å²) in [4.78, 5) is 0. The van der Waals surface area contributed by atoms with Crippen LogP contribution in [0.15, 0.2) is 24.3 Å². The van der Waals surface area contributed by atoms with Gasteiger partial charge in [-0.05, 0) is 44.6 Å². The minimum atomic E-state index is -1.72. The van der Waals surface area contributed by atoms with Gasteiger partial charge in [0, 0.05) is 6.61 Å². The average Bonchev–Trinajstić information content (AvgIpc) is 2.90. The second-order valence-electron chi connectivity index (χ2n) is 8.91. The van der Waals surface area contributed by atoms with Crippen LogP contribution in [0.25, 0.3) is 0 Å². The van der Waals surface area contributed by atoms with Crippen LogP contribution in [-0.4, -0.2) is 128 Å². The first-order chi connectivity index (χ1) is 18.1. The highest BCUT2D eigenvalue weighted by Gasteiger charge is 2.47. The van der Waals surface area contributed by atoms with Gasteiger partial charge in [0.2, 0.25) is 0 Å². The zero-order valence-corrected chi connectivity index (χ0v) is 21.3. The molecule has 2 heterocycles. The van der Waals surface area contributed by atoms with E-state index in [4.69, 9.17) is 24.1 Å². The quantitative estimate of drug-likeness (QED) is 0.0808. The molecule has 0 amide bonds. The molecule has 0 aromatic rings. The highest BCUT2D eigenvalue weighted by Crippen LogP contribution is 2.27. The van der Waals surface area contributed by atoms with Gasteiger partial charge in [-0.15, -0.1) is 0 Å². The molecule has 38 heavy (non-hydrogen) atoms. The molecule has 0 aromatic carbocycles. The molecule has 0 saturated carbocycles. The van der Waals surface area contributed by atoms with Crippen molar-refractivity contribution in [2.24, 2.45) is 0 Å². The summed E-state index contributed by atoms with van der Waals surface area (Å²) >= 11 is 0. The molecule has 2 rings (SSSR count). The van der Waals surface area contributed by atoms with Gasteiger partial charge in [0.1, 0.15) is 54.9 Å². The largest absolute Gasteiger partial charge is 0.396 e. The Hall–Kier alpha value is -1.88. The molecule has 2 saturated heterocycles. The van der Waals surface area contributed by atoms with E-state index in [2.05, 4.69) is 23.7 Å². The monoisotopic (exact) mass is 542 g/mol. The maximum absolute atomic E-state index is 10.5. The highest BCUT2D eigenvalue weighted by atomic mass is 16.7. The second kappa shape index (κ2) is 16.3. The van der Waals surface area contributed by atoms with Gasteiger partial charge >= 0.3 is 0 Å². The lowest BCUT2D eigenvalue weighted by Gasteiger charge is -2.43. The van der Waals surface area contributed by atoms with Crippen molar-refractivity contribution in [2.75, 3.05) is 13.2 Å². The predicted octanol–water partition coefficient (Wildman–Crippen LogP) is -2.70. The minimum Gasteiger partial charge on any atom is -0.396 e. The predicted molar refractivity (Wildman–Crippen MR) is 132 cm³/mol. The maximum Gasteiger partial charge on any atom is 0.187 e. The second-order valence-corrected chi connectivity index (χ2v) is 8.91. The first-order valence-corrected chi connectivity index (χ1v) is 12.4. The third-order valence-electron chi connectivity index (χ3n) is 5.96. The summed E-state index contributed by atoms with van der Waals surface area (Å²) in [6.07, 6.45) is -9.78. The Morgan fingerprint density at radius 1 is 0.895 bits per heavy atom. The van der Waals surface area contributed by atoms with Gasteiger partial charge in [0.25, 0.3) is 0 Å². The average molecular weight is 543 g/mol. The molecule has 12 heteroatoms. The summed E-state index contributed by atoms with van der Waals surface area (Å²) in [5.41, 5.74) is 0. The van der Waals surface area contributed by atoms with Crippen molar-refractivity contribution in [3.63, 3.8) is 0 Å². The smallest absolute Gasteiger partial charge is 0.187 e. The van der Waals surface area contributed by atoms with E-state index in [9.17, 15) is 35.7 Å². The lowest BCUT2D eigenvalue weighted by atomic mass is 9.98. The fourth-order valence-corrected chi connectivity index (χ4v) is 3.68. The molecule has 0 aliphatic carbocycles. The number of rotatable bonds is 10. The molecular formula is C26H38O12. The van der Waals surface area contributed by atoms with E-state index in [-0.39, 0.29) is 6.61 Å². The number of aliphatic hydroxyl groups excluding tert-OH is 8. The number of hydrogen-bond donors (Lipinski definition) is 8. The molecule has 2 aliphatic heterocycles. The van der Waals surface area contributed by atoms with Crippen LogP contribution in [-0.2, 0) is 18.9 Å². The molecule has 214 valence electrons. The van der Waals surface area contributed by atoms with Crippen molar-refractivity contribution >= 4 is 0 Å². The SMILES string of the molecule is CC=CC#CC#CC(O)C(C=CCCCO)OC1OC(COC2OC(C)C(O)C(O)C2O)C(O)C(O)C1O. The normalized spacial score (nSPS) is 37.3. The topological polar surface area (TPSA) is 199 Å². The molecular weight excluding hydrogens is 504 g/mol. The molecule has 12 atom stereocenters. The Kier molecular flexibility index (Phi) is 13.8. The fraction of sp³-hybridized carbons (Fsp3) is 0.692. The number of unbranched alkanes of at least 4 members (excludes halogenated alkanes) is 1. The van der Waals surface area contributed by atoms with Crippen LogP contribution in [0.2, 0.25) is 0 Å². The van der Waals surface area contributed by atoms with Crippen LogP contribution in [0.3, 0.4) is 0 Å². The Balaban J connectivity index is 2.12. The van der Waals surface area contributed by atoms with E-state index in [0.717, 1.165) is 0 Å². The molecule has 2 aliphatic rings. The lowest BCUT2D eigenvalue weighted by Crippen LogP contribution is -2.61. The summed E-state index contributed by atoms with van der Waals surface area (Å²) in [5.74, 6) is 10.2. The van der Waals surface area contributed by atoms with Gasteiger partial charge in [-0.3, -0.25) is 0 Å². The summed E-state index contributed by atoms with van der Waals surface area (Å²) < 4.78 is 22.1. The van der Waals surface area contributed by atoms with Gasteiger partial charge < -0.3 is 59.8 Å². The first-order valence-electron chi connectivity index (χ1n) is 12.4. The van der Waals surface area contributed by atoms with Gasteiger partial charge in [-0.2, -0.15) is 0 Å². The van der Waals surface area contributed by atoms with Crippen molar-refractivity contribution in [3.05, 3.63) is 24.3 Å². The van der Waals surface area contributed by atoms with Crippen LogP contribution in [0.5, 0.6) is 0 Å². The van der Waals surface area contributed by atoms with E-state index in [1.54, 1.807) is 25.2 Å². The van der Waals surface area contributed by atoms with Gasteiger partial charge in [0.05, 0.1) is 12.7 Å². The zero-order valence-electron chi connectivity index (χ0n) is 21.3. The van der Waals surface area contributed by atoms with E-state index in [1.165, 1.54) is 13.0 Å². The Morgan fingerprint density at radius 3 is 2.26 bits per heavy atom. The maximum atomic E-state index is 10.5. The van der Waals surface area contributed by atoms with Crippen LogP contribution < -0.4 is 0 Å². The van der Waals surface area contributed by atoms with E-state index in [0.29, 0.717) is 12.8 Å². The Labute approximate surface area is 221 Å². The van der Waals surface area contributed by atoms with Crippen molar-refractivity contribution in [2.45, 2.75) is 100 Å². The standard InChI is InChI=1S/C26H38O12/c1-3-4-5-6-8-11-16(28)17(12-9-7-10-13-27)37-26-24(34)22(32)20(30)18(38-26)14-35-25-23(33)21(31)19(29)15(2)36-25/h3-4,9,12,15-34H,7,10,13-14H2,1-2H3. The molecule has 12 nitrogen and oxygen atoms in total. The Bertz CT molecular complexity index is 886. The summed E-state index contributed by atoms with van der Waals surface area (Å²) in [6, 6.07) is 0. The van der Waals surface area contributed by atoms with Crippen molar-refractivity contribution in [1.82, 2.24) is 0 Å². The summed E-state index contributed by atoms with van der Waals surface area (Å²) in [7, 11) is 0. The molecule has 0 bridgehead atoms. The fourth-order valence-electron chi connectivity index (χ4n) is 3.68. The van der Waals surface area contributed by atoms with E-state index < -0.39 is 80.2 Å². The lowest BCUT2D eigenvalue weighted by molar-refractivity contribution is -0.333. The van der Waals surface area contributed by atoms with Crippen molar-refractivity contribution in [3.8, 4) is 23.7 Å². The summed E-state index contributed by atoms with van der Waals surface area (Å²) in [6.45, 7) is 2.77. The van der Waals surface area contributed by atoms with Crippen LogP contribution >= 0.6 is 0 Å². The molecule has 8 N–H and O–H groups in total. The third-order valence-corrected chi connectivity index (χ3v) is 5.96. The van der Waals surface area contributed by atoms with Crippen LogP contribution in [0.4, 0.5) is 0 Å². The summed E-state index contributed by atoms with van der Waals surface area (Å²) in [5, 5.41) is 80.7. The van der Waals surface area contributed by atoms with Crippen molar-refractivity contribution < 1.29 is 59.8 Å². The van der Waals surface area contributed by atoms with Gasteiger partial charge in [-0.25, -0.2) is 0 Å².